The molecular weight excluding hydrogens is 260 g/mol. The maximum absolute atomic E-state index is 12.0. The molecule has 0 aliphatic heterocycles. The number of carbonyl (C=O) groups is 1. The van der Waals surface area contributed by atoms with Gasteiger partial charge in [-0.3, -0.25) is 9.78 Å². The standard InChI is InChI=1S/C18H28N2O/c1-13(2)20-18(9-10-18)15-12-14(8-11-19-15)6-7-16(21)17(3,4)5/h8,11-13,20H,6-7,9-10H2,1-5H3. The molecule has 1 fully saturated rings. The van der Waals surface area contributed by atoms with Crippen LogP contribution in [0.3, 0.4) is 0 Å². The average molecular weight is 288 g/mol. The van der Waals surface area contributed by atoms with Gasteiger partial charge in [0.25, 0.3) is 0 Å². The van der Waals surface area contributed by atoms with E-state index in [-0.39, 0.29) is 11.0 Å². The second kappa shape index (κ2) is 5.88. The largest absolute Gasteiger partial charge is 0.304 e. The first-order valence-electron chi connectivity index (χ1n) is 7.99. The molecule has 1 aromatic heterocycles. The third-order valence-corrected chi connectivity index (χ3v) is 4.11. The van der Waals surface area contributed by atoms with Gasteiger partial charge in [-0.05, 0) is 50.8 Å². The van der Waals surface area contributed by atoms with Crippen molar-refractivity contribution in [1.82, 2.24) is 10.3 Å². The Labute approximate surface area is 128 Å². The Kier molecular flexibility index (Phi) is 4.52. The van der Waals surface area contributed by atoms with E-state index in [2.05, 4.69) is 30.2 Å². The predicted octanol–water partition coefficient (Wildman–Crippen LogP) is 3.62. The van der Waals surface area contributed by atoms with Crippen molar-refractivity contribution in [2.24, 2.45) is 5.41 Å². The maximum Gasteiger partial charge on any atom is 0.138 e. The molecule has 21 heavy (non-hydrogen) atoms. The SMILES string of the molecule is CC(C)NC1(c2cc(CCC(=O)C(C)(C)C)ccn2)CC1. The number of aryl methyl sites for hydroxylation is 1. The monoisotopic (exact) mass is 288 g/mol. The van der Waals surface area contributed by atoms with Crippen molar-refractivity contribution in [3.63, 3.8) is 0 Å². The number of ketones is 1. The highest BCUT2D eigenvalue weighted by molar-refractivity contribution is 5.83. The van der Waals surface area contributed by atoms with Gasteiger partial charge in [0.05, 0.1) is 11.2 Å². The molecule has 0 atom stereocenters. The summed E-state index contributed by atoms with van der Waals surface area (Å²) in [5.74, 6) is 0.322. The Morgan fingerprint density at radius 3 is 2.57 bits per heavy atom. The minimum absolute atomic E-state index is 0.0816. The molecule has 1 N–H and O–H groups in total. The van der Waals surface area contributed by atoms with Crippen LogP contribution in [0.5, 0.6) is 0 Å². The van der Waals surface area contributed by atoms with Gasteiger partial charge in [-0.25, -0.2) is 0 Å². The van der Waals surface area contributed by atoms with Crippen molar-refractivity contribution in [1.29, 1.82) is 0 Å². The lowest BCUT2D eigenvalue weighted by Crippen LogP contribution is -2.35. The number of nitrogens with zero attached hydrogens (tertiary/aromatic N) is 1. The van der Waals surface area contributed by atoms with Crippen LogP contribution in [-0.2, 0) is 16.8 Å². The lowest BCUT2D eigenvalue weighted by atomic mass is 9.87. The first kappa shape index (κ1) is 16.2. The molecule has 2 rings (SSSR count). The summed E-state index contributed by atoms with van der Waals surface area (Å²) in [6.45, 7) is 10.3. The second-order valence-corrected chi connectivity index (χ2v) is 7.60. The van der Waals surface area contributed by atoms with E-state index in [1.807, 2.05) is 33.0 Å². The molecule has 1 aliphatic rings. The van der Waals surface area contributed by atoms with Crippen LogP contribution in [0.4, 0.5) is 0 Å². The fraction of sp³-hybridized carbons (Fsp3) is 0.667. The quantitative estimate of drug-likeness (QED) is 0.869. The summed E-state index contributed by atoms with van der Waals surface area (Å²) in [4.78, 5) is 16.6. The van der Waals surface area contributed by atoms with Crippen LogP contribution in [0.2, 0.25) is 0 Å². The number of rotatable bonds is 6. The smallest absolute Gasteiger partial charge is 0.138 e. The van der Waals surface area contributed by atoms with Crippen LogP contribution < -0.4 is 5.32 Å². The van der Waals surface area contributed by atoms with Gasteiger partial charge in [-0.1, -0.05) is 20.8 Å². The Balaban J connectivity index is 2.04. The van der Waals surface area contributed by atoms with Crippen molar-refractivity contribution in [2.75, 3.05) is 0 Å². The second-order valence-electron chi connectivity index (χ2n) is 7.60. The number of hydrogen-bond acceptors (Lipinski definition) is 3. The van der Waals surface area contributed by atoms with Crippen LogP contribution in [-0.4, -0.2) is 16.8 Å². The van der Waals surface area contributed by atoms with E-state index in [9.17, 15) is 4.79 Å². The summed E-state index contributed by atoms with van der Waals surface area (Å²) in [7, 11) is 0. The molecule has 0 radical (unpaired) electrons. The van der Waals surface area contributed by atoms with Crippen LogP contribution in [0, 0.1) is 5.41 Å². The molecule has 116 valence electrons. The molecule has 0 saturated heterocycles. The number of nitrogens with one attached hydrogen (secondary N) is 1. The zero-order valence-corrected chi connectivity index (χ0v) is 14.0. The first-order chi connectivity index (χ1) is 9.73. The molecule has 0 amide bonds. The fourth-order valence-electron chi connectivity index (χ4n) is 2.68. The summed E-state index contributed by atoms with van der Waals surface area (Å²) in [6, 6.07) is 4.67. The zero-order chi connectivity index (χ0) is 15.7. The highest BCUT2D eigenvalue weighted by Gasteiger charge is 2.45. The van der Waals surface area contributed by atoms with Crippen LogP contribution in [0.25, 0.3) is 0 Å². The molecule has 1 saturated carbocycles. The van der Waals surface area contributed by atoms with E-state index in [4.69, 9.17) is 0 Å². The van der Waals surface area contributed by atoms with Crippen LogP contribution in [0.15, 0.2) is 18.3 Å². The molecule has 0 bridgehead atoms. The van der Waals surface area contributed by atoms with E-state index in [0.717, 1.165) is 25.0 Å². The van der Waals surface area contributed by atoms with Crippen molar-refractivity contribution in [3.8, 4) is 0 Å². The molecule has 0 unspecified atom stereocenters. The third kappa shape index (κ3) is 4.13. The molecule has 0 spiro atoms. The lowest BCUT2D eigenvalue weighted by Gasteiger charge is -2.20. The summed E-state index contributed by atoms with van der Waals surface area (Å²) in [5.41, 5.74) is 2.19. The summed E-state index contributed by atoms with van der Waals surface area (Å²) >= 11 is 0. The van der Waals surface area contributed by atoms with Crippen molar-refractivity contribution in [3.05, 3.63) is 29.6 Å². The molecule has 1 heterocycles. The van der Waals surface area contributed by atoms with Gasteiger partial charge in [0.15, 0.2) is 0 Å². The van der Waals surface area contributed by atoms with E-state index >= 15 is 0 Å². The lowest BCUT2D eigenvalue weighted by molar-refractivity contribution is -0.126. The van der Waals surface area contributed by atoms with E-state index in [0.29, 0.717) is 18.2 Å². The normalized spacial score (nSPS) is 17.0. The van der Waals surface area contributed by atoms with Crippen molar-refractivity contribution >= 4 is 5.78 Å². The van der Waals surface area contributed by atoms with Gasteiger partial charge in [0.2, 0.25) is 0 Å². The highest BCUT2D eigenvalue weighted by Crippen LogP contribution is 2.45. The van der Waals surface area contributed by atoms with Gasteiger partial charge in [-0.2, -0.15) is 0 Å². The highest BCUT2D eigenvalue weighted by atomic mass is 16.1. The Hall–Kier alpha value is -1.22. The number of aromatic nitrogens is 1. The van der Waals surface area contributed by atoms with E-state index < -0.39 is 0 Å². The van der Waals surface area contributed by atoms with Crippen molar-refractivity contribution in [2.45, 2.75) is 71.9 Å². The number of hydrogen-bond donors (Lipinski definition) is 1. The molecule has 3 nitrogen and oxygen atoms in total. The minimum Gasteiger partial charge on any atom is -0.304 e. The maximum atomic E-state index is 12.0. The molecule has 1 aromatic rings. The van der Waals surface area contributed by atoms with Gasteiger partial charge in [-0.15, -0.1) is 0 Å². The van der Waals surface area contributed by atoms with Gasteiger partial charge in [0, 0.05) is 24.1 Å². The Bertz CT molecular complexity index is 510. The third-order valence-electron chi connectivity index (χ3n) is 4.11. The first-order valence-corrected chi connectivity index (χ1v) is 7.99. The molecular formula is C18H28N2O. The van der Waals surface area contributed by atoms with Crippen LogP contribution >= 0.6 is 0 Å². The minimum atomic E-state index is -0.243. The van der Waals surface area contributed by atoms with E-state index in [1.54, 1.807) is 0 Å². The Morgan fingerprint density at radius 2 is 2.05 bits per heavy atom. The summed E-state index contributed by atoms with van der Waals surface area (Å²) in [5, 5.41) is 3.63. The number of carbonyl (C=O) groups excluding carboxylic acids is 1. The zero-order valence-electron chi connectivity index (χ0n) is 14.0. The number of pyridine rings is 1. The van der Waals surface area contributed by atoms with Crippen LogP contribution in [0.1, 0.15) is 65.1 Å². The van der Waals surface area contributed by atoms with Gasteiger partial charge in [0.1, 0.15) is 5.78 Å². The molecule has 3 heteroatoms. The van der Waals surface area contributed by atoms with Gasteiger partial charge < -0.3 is 5.32 Å². The molecule has 0 aromatic carbocycles. The Morgan fingerprint density at radius 1 is 1.38 bits per heavy atom. The average Bonchev–Trinajstić information content (AvgIpc) is 3.15. The van der Waals surface area contributed by atoms with E-state index in [1.165, 1.54) is 5.56 Å². The van der Waals surface area contributed by atoms with Crippen molar-refractivity contribution < 1.29 is 4.79 Å². The topological polar surface area (TPSA) is 42.0 Å². The summed E-state index contributed by atoms with van der Waals surface area (Å²) in [6.07, 6.45) is 5.61. The molecule has 1 aliphatic carbocycles. The predicted molar refractivity (Wildman–Crippen MR) is 86.2 cm³/mol. The van der Waals surface area contributed by atoms with Gasteiger partial charge >= 0.3 is 0 Å². The number of Topliss-reactive ketones (excluding diaryl/α,β-unsaturated/α-hetero) is 1. The summed E-state index contributed by atoms with van der Waals surface area (Å²) < 4.78 is 0. The fourth-order valence-corrected chi connectivity index (χ4v) is 2.68.